The van der Waals surface area contributed by atoms with Gasteiger partial charge in [-0.25, -0.2) is 4.39 Å². The molecule has 1 atom stereocenters. The number of aromatic hydroxyl groups is 1. The SMILES string of the molecule is C=NC1(CC)c2cc(Br)ccc2Oc2c(F)cc(O)cc21. The zero-order valence-corrected chi connectivity index (χ0v) is 12.9. The summed E-state index contributed by atoms with van der Waals surface area (Å²) in [6.45, 7) is 5.63. The first-order valence-electron chi connectivity index (χ1n) is 6.50. The predicted octanol–water partition coefficient (Wildman–Crippen LogP) is 4.75. The number of phenols is 1. The van der Waals surface area contributed by atoms with Crippen molar-refractivity contribution < 1.29 is 14.2 Å². The van der Waals surface area contributed by atoms with Gasteiger partial charge in [-0.2, -0.15) is 0 Å². The van der Waals surface area contributed by atoms with Crippen molar-refractivity contribution in [1.82, 2.24) is 0 Å². The third-order valence-electron chi connectivity index (χ3n) is 3.85. The molecular weight excluding hydrogens is 337 g/mol. The maximum Gasteiger partial charge on any atom is 0.169 e. The van der Waals surface area contributed by atoms with Crippen LogP contribution < -0.4 is 4.74 Å². The molecule has 1 N–H and O–H groups in total. The van der Waals surface area contributed by atoms with Crippen LogP contribution in [0.1, 0.15) is 24.5 Å². The lowest BCUT2D eigenvalue weighted by atomic mass is 9.78. The highest BCUT2D eigenvalue weighted by Gasteiger charge is 2.42. The lowest BCUT2D eigenvalue weighted by Gasteiger charge is -2.36. The molecule has 0 aromatic heterocycles. The fourth-order valence-corrected chi connectivity index (χ4v) is 3.18. The third kappa shape index (κ3) is 1.95. The normalized spacial score (nSPS) is 19.4. The van der Waals surface area contributed by atoms with Gasteiger partial charge in [-0.15, -0.1) is 0 Å². The van der Waals surface area contributed by atoms with Crippen LogP contribution in [-0.2, 0) is 5.54 Å². The molecule has 0 amide bonds. The molecule has 3 nitrogen and oxygen atoms in total. The van der Waals surface area contributed by atoms with Gasteiger partial charge in [0.1, 0.15) is 17.0 Å². The Labute approximate surface area is 130 Å². The Morgan fingerprint density at radius 3 is 2.76 bits per heavy atom. The van der Waals surface area contributed by atoms with Crippen molar-refractivity contribution in [3.63, 3.8) is 0 Å². The second-order valence-electron chi connectivity index (χ2n) is 4.92. The number of aliphatic imine (C=N–C) groups is 1. The monoisotopic (exact) mass is 349 g/mol. The molecule has 1 unspecified atom stereocenters. The first-order chi connectivity index (χ1) is 10.0. The molecule has 2 aromatic rings. The van der Waals surface area contributed by atoms with Crippen molar-refractivity contribution in [3.05, 3.63) is 51.7 Å². The van der Waals surface area contributed by atoms with Gasteiger partial charge in [0.05, 0.1) is 0 Å². The van der Waals surface area contributed by atoms with E-state index in [-0.39, 0.29) is 11.5 Å². The van der Waals surface area contributed by atoms with E-state index in [0.717, 1.165) is 16.1 Å². The first-order valence-corrected chi connectivity index (χ1v) is 7.30. The summed E-state index contributed by atoms with van der Waals surface area (Å²) in [7, 11) is 0. The molecule has 0 spiro atoms. The molecule has 1 aliphatic rings. The predicted molar refractivity (Wildman–Crippen MR) is 82.9 cm³/mol. The Morgan fingerprint density at radius 1 is 1.33 bits per heavy atom. The summed E-state index contributed by atoms with van der Waals surface area (Å²) in [5.74, 6) is -0.128. The Hall–Kier alpha value is -1.88. The highest BCUT2D eigenvalue weighted by atomic mass is 79.9. The molecule has 0 bridgehead atoms. The van der Waals surface area contributed by atoms with Gasteiger partial charge in [-0.05, 0) is 37.4 Å². The third-order valence-corrected chi connectivity index (χ3v) is 4.35. The van der Waals surface area contributed by atoms with Crippen LogP contribution in [0, 0.1) is 5.82 Å². The molecule has 0 fully saturated rings. The van der Waals surface area contributed by atoms with Gasteiger partial charge in [0, 0.05) is 21.7 Å². The molecule has 0 aliphatic carbocycles. The zero-order valence-electron chi connectivity index (χ0n) is 11.4. The van der Waals surface area contributed by atoms with Gasteiger partial charge in [-0.1, -0.05) is 22.9 Å². The Morgan fingerprint density at radius 2 is 2.10 bits per heavy atom. The lowest BCUT2D eigenvalue weighted by Crippen LogP contribution is -2.29. The number of ether oxygens (including phenoxy) is 1. The first kappa shape index (κ1) is 14.1. The Kier molecular flexibility index (Phi) is 3.24. The highest BCUT2D eigenvalue weighted by Crippen LogP contribution is 2.52. The fraction of sp³-hybridized carbons (Fsp3) is 0.188. The molecule has 0 saturated carbocycles. The second-order valence-corrected chi connectivity index (χ2v) is 5.83. The van der Waals surface area contributed by atoms with Crippen LogP contribution in [0.3, 0.4) is 0 Å². The number of rotatable bonds is 2. The summed E-state index contributed by atoms with van der Waals surface area (Å²) in [5, 5.41) is 9.73. The number of fused-ring (bicyclic) bond motifs is 2. The number of nitrogens with zero attached hydrogens (tertiary/aromatic N) is 1. The van der Waals surface area contributed by atoms with Crippen molar-refractivity contribution in [3.8, 4) is 17.2 Å². The second kappa shape index (κ2) is 4.84. The summed E-state index contributed by atoms with van der Waals surface area (Å²) in [6, 6.07) is 8.00. The summed E-state index contributed by atoms with van der Waals surface area (Å²) in [6.07, 6.45) is 0.569. The van der Waals surface area contributed by atoms with Crippen molar-refractivity contribution in [2.45, 2.75) is 18.9 Å². The highest BCUT2D eigenvalue weighted by molar-refractivity contribution is 9.10. The average molecular weight is 350 g/mol. The van der Waals surface area contributed by atoms with Crippen LogP contribution in [0.5, 0.6) is 17.2 Å². The standard InChI is InChI=1S/C16H13BrFNO2/c1-3-16(19-2)11-6-9(17)4-5-14(11)21-15-12(16)7-10(20)8-13(15)18/h4-8,20H,2-3H2,1H3. The molecule has 3 rings (SSSR count). The van der Waals surface area contributed by atoms with Crippen LogP contribution in [0.2, 0.25) is 0 Å². The Balaban J connectivity index is 2.38. The van der Waals surface area contributed by atoms with Crippen LogP contribution in [0.25, 0.3) is 0 Å². The minimum absolute atomic E-state index is 0.0943. The van der Waals surface area contributed by atoms with E-state index < -0.39 is 11.4 Å². The number of hydrogen-bond donors (Lipinski definition) is 1. The van der Waals surface area contributed by atoms with Gasteiger partial charge in [-0.3, -0.25) is 4.99 Å². The van der Waals surface area contributed by atoms with Crippen LogP contribution in [0.15, 0.2) is 39.8 Å². The van der Waals surface area contributed by atoms with Crippen molar-refractivity contribution in [2.24, 2.45) is 4.99 Å². The molecule has 1 aliphatic heterocycles. The summed E-state index contributed by atoms with van der Waals surface area (Å²) >= 11 is 3.43. The van der Waals surface area contributed by atoms with E-state index in [9.17, 15) is 9.50 Å². The van der Waals surface area contributed by atoms with E-state index in [0.29, 0.717) is 17.7 Å². The summed E-state index contributed by atoms with van der Waals surface area (Å²) in [4.78, 5) is 4.27. The van der Waals surface area contributed by atoms with E-state index in [4.69, 9.17) is 4.74 Å². The van der Waals surface area contributed by atoms with Gasteiger partial charge in [0.2, 0.25) is 0 Å². The molecule has 0 radical (unpaired) electrons. The van der Waals surface area contributed by atoms with Gasteiger partial charge < -0.3 is 9.84 Å². The van der Waals surface area contributed by atoms with Crippen LogP contribution in [0.4, 0.5) is 4.39 Å². The maximum absolute atomic E-state index is 14.2. The van der Waals surface area contributed by atoms with Crippen molar-refractivity contribution >= 4 is 22.6 Å². The van der Waals surface area contributed by atoms with E-state index in [1.165, 1.54) is 6.07 Å². The van der Waals surface area contributed by atoms with E-state index in [1.807, 2.05) is 19.1 Å². The zero-order chi connectivity index (χ0) is 15.2. The number of halogens is 2. The summed E-state index contributed by atoms with van der Waals surface area (Å²) < 4.78 is 20.7. The minimum atomic E-state index is -0.841. The maximum atomic E-state index is 14.2. The quantitative estimate of drug-likeness (QED) is 0.794. The van der Waals surface area contributed by atoms with Crippen molar-refractivity contribution in [2.75, 3.05) is 0 Å². The van der Waals surface area contributed by atoms with Gasteiger partial charge >= 0.3 is 0 Å². The fourth-order valence-electron chi connectivity index (χ4n) is 2.82. The molecule has 108 valence electrons. The largest absolute Gasteiger partial charge is 0.508 e. The summed E-state index contributed by atoms with van der Waals surface area (Å²) in [5.41, 5.74) is 0.446. The molecule has 1 heterocycles. The van der Waals surface area contributed by atoms with E-state index >= 15 is 0 Å². The molecular formula is C16H13BrFNO2. The van der Waals surface area contributed by atoms with Crippen LogP contribution >= 0.6 is 15.9 Å². The molecule has 2 aromatic carbocycles. The topological polar surface area (TPSA) is 41.8 Å². The molecule has 21 heavy (non-hydrogen) atoms. The van der Waals surface area contributed by atoms with Gasteiger partial charge in [0.25, 0.3) is 0 Å². The molecule has 5 heteroatoms. The number of hydrogen-bond acceptors (Lipinski definition) is 3. The number of phenolic OH excluding ortho intramolecular Hbond substituents is 1. The lowest BCUT2D eigenvalue weighted by molar-refractivity contribution is 0.364. The van der Waals surface area contributed by atoms with E-state index in [2.05, 4.69) is 27.6 Å². The van der Waals surface area contributed by atoms with Crippen molar-refractivity contribution in [1.29, 1.82) is 0 Å². The molecule has 0 saturated heterocycles. The Bertz CT molecular complexity index is 747. The van der Waals surface area contributed by atoms with E-state index in [1.54, 1.807) is 6.07 Å². The smallest absolute Gasteiger partial charge is 0.169 e. The van der Waals surface area contributed by atoms with Gasteiger partial charge in [0.15, 0.2) is 11.6 Å². The number of benzene rings is 2. The average Bonchev–Trinajstić information content (AvgIpc) is 2.46. The van der Waals surface area contributed by atoms with Crippen LogP contribution in [-0.4, -0.2) is 11.8 Å². The minimum Gasteiger partial charge on any atom is -0.508 e.